The number of carbonyl (C=O) groups is 2. The summed E-state index contributed by atoms with van der Waals surface area (Å²) >= 11 is 0. The number of nitrogens with one attached hydrogen (secondary N) is 1. The first-order chi connectivity index (χ1) is 9.19. The maximum absolute atomic E-state index is 13.4. The Morgan fingerprint density at radius 3 is 2.45 bits per heavy atom. The maximum Gasteiger partial charge on any atom is 0.328 e. The number of ether oxygens (including phenoxy) is 1. The Kier molecular flexibility index (Phi) is 5.25. The third-order valence-corrected chi connectivity index (χ3v) is 2.45. The van der Waals surface area contributed by atoms with E-state index >= 15 is 0 Å². The quantitative estimate of drug-likeness (QED) is 0.861. The lowest BCUT2D eigenvalue weighted by atomic mass is 10.1. The molecule has 110 valence electrons. The van der Waals surface area contributed by atoms with Crippen LogP contribution in [-0.4, -0.2) is 23.5 Å². The number of esters is 1. The first kappa shape index (κ1) is 16.1. The maximum atomic E-state index is 13.4. The summed E-state index contributed by atoms with van der Waals surface area (Å²) in [4.78, 5) is 23.5. The van der Waals surface area contributed by atoms with Gasteiger partial charge in [-0.3, -0.25) is 4.79 Å². The summed E-state index contributed by atoms with van der Waals surface area (Å²) in [5.41, 5.74) is -0.317. The fourth-order valence-corrected chi connectivity index (χ4v) is 1.56. The van der Waals surface area contributed by atoms with E-state index in [-0.39, 0.29) is 6.42 Å². The average Bonchev–Trinajstić information content (AvgIpc) is 2.29. The highest BCUT2D eigenvalue weighted by atomic mass is 19.1. The number of benzene rings is 1. The van der Waals surface area contributed by atoms with E-state index in [2.05, 4.69) is 5.32 Å². The van der Waals surface area contributed by atoms with Crippen molar-refractivity contribution in [2.45, 2.75) is 45.8 Å². The van der Waals surface area contributed by atoms with Crippen molar-refractivity contribution in [3.63, 3.8) is 0 Å². The Labute approximate surface area is 118 Å². The van der Waals surface area contributed by atoms with E-state index in [4.69, 9.17) is 4.74 Å². The van der Waals surface area contributed by atoms with Crippen molar-refractivity contribution in [3.8, 4) is 0 Å². The molecule has 0 fully saturated rings. The van der Waals surface area contributed by atoms with Crippen LogP contribution in [0.3, 0.4) is 0 Å². The Morgan fingerprint density at radius 1 is 1.30 bits per heavy atom. The van der Waals surface area contributed by atoms with Crippen molar-refractivity contribution in [1.29, 1.82) is 0 Å². The van der Waals surface area contributed by atoms with Crippen LogP contribution in [0.1, 0.15) is 33.3 Å². The van der Waals surface area contributed by atoms with Gasteiger partial charge >= 0.3 is 5.97 Å². The molecule has 0 saturated carbocycles. The molecule has 0 heterocycles. The van der Waals surface area contributed by atoms with Crippen LogP contribution in [0.5, 0.6) is 0 Å². The van der Waals surface area contributed by atoms with Crippen molar-refractivity contribution in [2.24, 2.45) is 0 Å². The fourth-order valence-electron chi connectivity index (χ4n) is 1.56. The Bertz CT molecular complexity index is 494. The van der Waals surface area contributed by atoms with Gasteiger partial charge in [-0.2, -0.15) is 0 Å². The predicted octanol–water partition coefficient (Wildman–Crippen LogP) is 2.21. The van der Waals surface area contributed by atoms with Crippen molar-refractivity contribution in [2.75, 3.05) is 0 Å². The molecule has 20 heavy (non-hydrogen) atoms. The Morgan fingerprint density at radius 2 is 1.90 bits per heavy atom. The summed E-state index contributed by atoms with van der Waals surface area (Å²) in [5.74, 6) is -1.37. The van der Waals surface area contributed by atoms with Crippen LogP contribution < -0.4 is 5.32 Å². The summed E-state index contributed by atoms with van der Waals surface area (Å²) < 4.78 is 18.5. The van der Waals surface area contributed by atoms with E-state index in [1.165, 1.54) is 19.1 Å². The third-order valence-electron chi connectivity index (χ3n) is 2.45. The number of amides is 1. The van der Waals surface area contributed by atoms with Gasteiger partial charge in [0.15, 0.2) is 0 Å². The molecule has 0 aliphatic heterocycles. The van der Waals surface area contributed by atoms with E-state index in [9.17, 15) is 14.0 Å². The minimum absolute atomic E-state index is 0.111. The first-order valence-corrected chi connectivity index (χ1v) is 6.44. The lowest BCUT2D eigenvalue weighted by molar-refractivity contribution is -0.158. The van der Waals surface area contributed by atoms with Crippen LogP contribution in [0.4, 0.5) is 4.39 Å². The molecule has 1 atom stereocenters. The zero-order valence-corrected chi connectivity index (χ0v) is 12.2. The van der Waals surface area contributed by atoms with Crippen LogP contribution in [0.15, 0.2) is 24.3 Å². The summed E-state index contributed by atoms with van der Waals surface area (Å²) in [7, 11) is 0. The molecule has 0 aromatic heterocycles. The lowest BCUT2D eigenvalue weighted by Crippen LogP contribution is -2.42. The van der Waals surface area contributed by atoms with E-state index in [1.54, 1.807) is 32.9 Å². The molecular weight excluding hydrogens is 261 g/mol. The minimum Gasteiger partial charge on any atom is -0.458 e. The van der Waals surface area contributed by atoms with E-state index in [1.807, 2.05) is 0 Å². The third kappa shape index (κ3) is 5.38. The van der Waals surface area contributed by atoms with Gasteiger partial charge in [0.2, 0.25) is 5.91 Å². The minimum atomic E-state index is -0.770. The van der Waals surface area contributed by atoms with Gasteiger partial charge in [-0.1, -0.05) is 18.2 Å². The number of halogens is 1. The van der Waals surface area contributed by atoms with Crippen molar-refractivity contribution >= 4 is 11.9 Å². The van der Waals surface area contributed by atoms with Gasteiger partial charge in [-0.25, -0.2) is 9.18 Å². The molecule has 1 N–H and O–H groups in total. The molecule has 1 amide bonds. The van der Waals surface area contributed by atoms with Crippen LogP contribution in [0, 0.1) is 5.82 Å². The second kappa shape index (κ2) is 6.50. The van der Waals surface area contributed by atoms with Crippen LogP contribution in [0.25, 0.3) is 0 Å². The van der Waals surface area contributed by atoms with Gasteiger partial charge in [0.25, 0.3) is 0 Å². The molecule has 0 spiro atoms. The summed E-state index contributed by atoms with van der Waals surface area (Å²) in [5, 5.41) is 2.50. The SMILES string of the molecule is C[C@@H](NC(=O)Cc1ccccc1F)C(=O)OC(C)(C)C. The van der Waals surface area contributed by atoms with Crippen LogP contribution >= 0.6 is 0 Å². The van der Waals surface area contributed by atoms with E-state index in [0.29, 0.717) is 5.56 Å². The normalized spacial score (nSPS) is 12.7. The summed E-state index contributed by atoms with van der Waals surface area (Å²) in [6.45, 7) is 6.78. The fraction of sp³-hybridized carbons (Fsp3) is 0.467. The lowest BCUT2D eigenvalue weighted by Gasteiger charge is -2.22. The topological polar surface area (TPSA) is 55.4 Å². The Balaban J connectivity index is 2.54. The smallest absolute Gasteiger partial charge is 0.328 e. The highest BCUT2D eigenvalue weighted by Crippen LogP contribution is 2.09. The predicted molar refractivity (Wildman–Crippen MR) is 73.6 cm³/mol. The molecule has 0 bridgehead atoms. The van der Waals surface area contributed by atoms with E-state index in [0.717, 1.165) is 0 Å². The van der Waals surface area contributed by atoms with Gasteiger partial charge in [-0.05, 0) is 39.3 Å². The van der Waals surface area contributed by atoms with Gasteiger partial charge in [0.05, 0.1) is 6.42 Å². The molecule has 0 saturated heterocycles. The monoisotopic (exact) mass is 281 g/mol. The van der Waals surface area contributed by atoms with Crippen LogP contribution in [0.2, 0.25) is 0 Å². The molecule has 0 unspecified atom stereocenters. The van der Waals surface area contributed by atoms with Gasteiger partial charge in [-0.15, -0.1) is 0 Å². The van der Waals surface area contributed by atoms with Gasteiger partial charge < -0.3 is 10.1 Å². The average molecular weight is 281 g/mol. The first-order valence-electron chi connectivity index (χ1n) is 6.44. The number of hydrogen-bond donors (Lipinski definition) is 1. The van der Waals surface area contributed by atoms with Gasteiger partial charge in [0, 0.05) is 0 Å². The molecule has 0 aliphatic carbocycles. The van der Waals surface area contributed by atoms with Crippen molar-refractivity contribution in [3.05, 3.63) is 35.6 Å². The van der Waals surface area contributed by atoms with Gasteiger partial charge in [0.1, 0.15) is 17.5 Å². The molecule has 4 nitrogen and oxygen atoms in total. The Hall–Kier alpha value is -1.91. The van der Waals surface area contributed by atoms with Crippen LogP contribution in [-0.2, 0) is 20.7 Å². The van der Waals surface area contributed by atoms with Crippen molar-refractivity contribution in [1.82, 2.24) is 5.32 Å². The molecule has 1 aromatic rings. The molecule has 1 aromatic carbocycles. The zero-order chi connectivity index (χ0) is 15.3. The summed E-state index contributed by atoms with van der Waals surface area (Å²) in [6, 6.07) is 5.27. The zero-order valence-electron chi connectivity index (χ0n) is 12.2. The second-order valence-electron chi connectivity index (χ2n) is 5.59. The largest absolute Gasteiger partial charge is 0.458 e. The number of hydrogen-bond acceptors (Lipinski definition) is 3. The number of carbonyl (C=O) groups excluding carboxylic acids is 2. The molecule has 1 rings (SSSR count). The highest BCUT2D eigenvalue weighted by Gasteiger charge is 2.23. The van der Waals surface area contributed by atoms with E-state index < -0.39 is 29.3 Å². The number of rotatable bonds is 4. The second-order valence-corrected chi connectivity index (χ2v) is 5.59. The molecule has 0 radical (unpaired) electrons. The standard InChI is InChI=1S/C15H20FNO3/c1-10(14(19)20-15(2,3)4)17-13(18)9-11-7-5-6-8-12(11)16/h5-8,10H,9H2,1-4H3,(H,17,18)/t10-/m1/s1. The summed E-state index contributed by atoms with van der Waals surface area (Å²) in [6.07, 6.45) is -0.111. The van der Waals surface area contributed by atoms with Crippen molar-refractivity contribution < 1.29 is 18.7 Å². The molecule has 5 heteroatoms. The molecular formula is C15H20FNO3. The highest BCUT2D eigenvalue weighted by molar-refractivity contribution is 5.85. The molecule has 0 aliphatic rings.